The number of aryl methyl sites for hydroxylation is 2. The molecule has 2 aromatic heterocycles. The topological polar surface area (TPSA) is 101 Å². The van der Waals surface area contributed by atoms with Gasteiger partial charge in [-0.2, -0.15) is 0 Å². The lowest BCUT2D eigenvalue weighted by Crippen LogP contribution is -2.14. The van der Waals surface area contributed by atoms with Gasteiger partial charge in [0, 0.05) is 35.2 Å². The van der Waals surface area contributed by atoms with E-state index in [9.17, 15) is 14.4 Å². The van der Waals surface area contributed by atoms with Gasteiger partial charge in [0.15, 0.2) is 12.4 Å². The standard InChI is InChI=1S/C18H20N2O6/c1-5-24-17(22)6-7-18(23)25-10-15(21)14-8-11(2)20(13(14)4)16-9-12(3)26-19-16/h6-9H,5,10H2,1-4H3/b7-6+. The lowest BCUT2D eigenvalue weighted by Gasteiger charge is -2.05. The molecule has 0 amide bonds. The maximum absolute atomic E-state index is 12.4. The number of carbonyl (C=O) groups excluding carboxylic acids is 3. The summed E-state index contributed by atoms with van der Waals surface area (Å²) in [6, 6.07) is 3.46. The van der Waals surface area contributed by atoms with Crippen molar-refractivity contribution in [1.29, 1.82) is 0 Å². The van der Waals surface area contributed by atoms with Crippen LogP contribution in [0.25, 0.3) is 5.82 Å². The summed E-state index contributed by atoms with van der Waals surface area (Å²) in [7, 11) is 0. The van der Waals surface area contributed by atoms with Crippen LogP contribution in [0, 0.1) is 20.8 Å². The number of hydrogen-bond donors (Lipinski definition) is 0. The lowest BCUT2D eigenvalue weighted by atomic mass is 10.1. The van der Waals surface area contributed by atoms with E-state index >= 15 is 0 Å². The number of esters is 2. The zero-order valence-electron chi connectivity index (χ0n) is 15.1. The number of carbonyl (C=O) groups is 3. The molecule has 0 aliphatic heterocycles. The number of nitrogens with zero attached hydrogens (tertiary/aromatic N) is 2. The summed E-state index contributed by atoms with van der Waals surface area (Å²) >= 11 is 0. The van der Waals surface area contributed by atoms with Crippen molar-refractivity contribution in [2.75, 3.05) is 13.2 Å². The van der Waals surface area contributed by atoms with E-state index in [1.807, 2.05) is 6.92 Å². The third-order valence-corrected chi connectivity index (χ3v) is 3.56. The van der Waals surface area contributed by atoms with Crippen LogP contribution in [-0.4, -0.2) is 40.7 Å². The molecule has 0 aliphatic rings. The normalized spacial score (nSPS) is 10.9. The molecule has 2 rings (SSSR count). The molecular weight excluding hydrogens is 340 g/mol. The van der Waals surface area contributed by atoms with Gasteiger partial charge in [0.25, 0.3) is 0 Å². The van der Waals surface area contributed by atoms with Gasteiger partial charge in [-0.15, -0.1) is 0 Å². The van der Waals surface area contributed by atoms with Crippen LogP contribution in [0.4, 0.5) is 0 Å². The van der Waals surface area contributed by atoms with E-state index in [1.54, 1.807) is 37.5 Å². The van der Waals surface area contributed by atoms with Gasteiger partial charge in [0.05, 0.1) is 6.61 Å². The molecular formula is C18H20N2O6. The molecule has 0 atom stereocenters. The highest BCUT2D eigenvalue weighted by molar-refractivity contribution is 6.00. The molecule has 2 heterocycles. The zero-order chi connectivity index (χ0) is 19.3. The molecule has 26 heavy (non-hydrogen) atoms. The first kappa shape index (κ1) is 19.2. The van der Waals surface area contributed by atoms with Crippen LogP contribution in [0.1, 0.15) is 34.4 Å². The second-order valence-corrected chi connectivity index (χ2v) is 5.53. The molecule has 0 radical (unpaired) electrons. The zero-order valence-corrected chi connectivity index (χ0v) is 15.1. The molecule has 0 bridgehead atoms. The van der Waals surface area contributed by atoms with Gasteiger partial charge in [0.1, 0.15) is 5.76 Å². The second-order valence-electron chi connectivity index (χ2n) is 5.53. The molecule has 138 valence electrons. The fourth-order valence-electron chi connectivity index (χ4n) is 2.45. The number of ether oxygens (including phenoxy) is 2. The molecule has 0 aromatic carbocycles. The number of rotatable bonds is 7. The third kappa shape index (κ3) is 4.47. The summed E-state index contributed by atoms with van der Waals surface area (Å²) in [6.45, 7) is 6.81. The Morgan fingerprint density at radius 1 is 1.12 bits per heavy atom. The smallest absolute Gasteiger partial charge is 0.331 e. The molecule has 0 fully saturated rings. The van der Waals surface area contributed by atoms with Crippen molar-refractivity contribution < 1.29 is 28.4 Å². The first-order valence-electron chi connectivity index (χ1n) is 8.01. The number of hydrogen-bond acceptors (Lipinski definition) is 7. The highest BCUT2D eigenvalue weighted by Gasteiger charge is 2.19. The molecule has 0 saturated heterocycles. The SMILES string of the molecule is CCOC(=O)/C=C/C(=O)OCC(=O)c1cc(C)n(-c2cc(C)on2)c1C. The first-order valence-corrected chi connectivity index (χ1v) is 8.01. The van der Waals surface area contributed by atoms with Crippen LogP contribution in [0.3, 0.4) is 0 Å². The Hall–Kier alpha value is -3.16. The Balaban J connectivity index is 2.04. The van der Waals surface area contributed by atoms with E-state index < -0.39 is 18.5 Å². The van der Waals surface area contributed by atoms with Crippen molar-refractivity contribution in [3.8, 4) is 5.82 Å². The Morgan fingerprint density at radius 2 is 1.77 bits per heavy atom. The largest absolute Gasteiger partial charge is 0.463 e. The summed E-state index contributed by atoms with van der Waals surface area (Å²) in [5.74, 6) is -0.578. The van der Waals surface area contributed by atoms with Gasteiger partial charge >= 0.3 is 11.9 Å². The molecule has 8 nitrogen and oxygen atoms in total. The number of Topliss-reactive ketones (excluding diaryl/α,β-unsaturated/α-hetero) is 1. The summed E-state index contributed by atoms with van der Waals surface area (Å²) in [5, 5.41) is 3.95. The maximum Gasteiger partial charge on any atom is 0.331 e. The van der Waals surface area contributed by atoms with Crippen molar-refractivity contribution in [2.24, 2.45) is 0 Å². The predicted molar refractivity (Wildman–Crippen MR) is 91.1 cm³/mol. The van der Waals surface area contributed by atoms with E-state index in [-0.39, 0.29) is 12.4 Å². The van der Waals surface area contributed by atoms with Gasteiger partial charge in [-0.3, -0.25) is 9.36 Å². The predicted octanol–water partition coefficient (Wildman–Crippen LogP) is 2.24. The van der Waals surface area contributed by atoms with Crippen LogP contribution in [-0.2, 0) is 19.1 Å². The molecule has 0 N–H and O–H groups in total. The molecule has 2 aromatic rings. The summed E-state index contributed by atoms with van der Waals surface area (Å²) in [6.07, 6.45) is 1.88. The Labute approximate surface area is 150 Å². The van der Waals surface area contributed by atoms with Crippen molar-refractivity contribution >= 4 is 17.7 Å². The minimum Gasteiger partial charge on any atom is -0.463 e. The highest BCUT2D eigenvalue weighted by atomic mass is 16.5. The van der Waals surface area contributed by atoms with E-state index in [4.69, 9.17) is 9.26 Å². The minimum absolute atomic E-state index is 0.206. The summed E-state index contributed by atoms with van der Waals surface area (Å²) in [5.41, 5.74) is 1.89. The van der Waals surface area contributed by atoms with Gasteiger partial charge < -0.3 is 14.0 Å². The van der Waals surface area contributed by atoms with Crippen molar-refractivity contribution in [2.45, 2.75) is 27.7 Å². The Morgan fingerprint density at radius 3 is 2.35 bits per heavy atom. The van der Waals surface area contributed by atoms with Crippen LogP contribution < -0.4 is 0 Å². The Bertz CT molecular complexity index is 859. The highest BCUT2D eigenvalue weighted by Crippen LogP contribution is 2.21. The monoisotopic (exact) mass is 360 g/mol. The van der Waals surface area contributed by atoms with Gasteiger partial charge in [-0.05, 0) is 33.8 Å². The first-order chi connectivity index (χ1) is 12.3. The molecule has 0 spiro atoms. The van der Waals surface area contributed by atoms with Gasteiger partial charge in [-0.25, -0.2) is 9.59 Å². The van der Waals surface area contributed by atoms with Crippen LogP contribution in [0.2, 0.25) is 0 Å². The van der Waals surface area contributed by atoms with Crippen molar-refractivity contribution in [1.82, 2.24) is 9.72 Å². The quantitative estimate of drug-likeness (QED) is 0.424. The van der Waals surface area contributed by atoms with E-state index in [1.165, 1.54) is 0 Å². The van der Waals surface area contributed by atoms with Crippen molar-refractivity contribution in [3.05, 3.63) is 47.0 Å². The molecule has 8 heteroatoms. The third-order valence-electron chi connectivity index (χ3n) is 3.56. The van der Waals surface area contributed by atoms with Crippen LogP contribution >= 0.6 is 0 Å². The fraction of sp³-hybridized carbons (Fsp3) is 0.333. The average molecular weight is 360 g/mol. The van der Waals surface area contributed by atoms with Crippen LogP contribution in [0.15, 0.2) is 28.8 Å². The number of aromatic nitrogens is 2. The summed E-state index contributed by atoms with van der Waals surface area (Å²) < 4.78 is 16.4. The second kappa shape index (κ2) is 8.28. The fourth-order valence-corrected chi connectivity index (χ4v) is 2.45. The maximum atomic E-state index is 12.4. The molecule has 0 unspecified atom stereocenters. The van der Waals surface area contributed by atoms with Gasteiger partial charge in [0.2, 0.25) is 5.78 Å². The molecule has 0 aliphatic carbocycles. The van der Waals surface area contributed by atoms with E-state index in [2.05, 4.69) is 9.89 Å². The van der Waals surface area contributed by atoms with Crippen LogP contribution in [0.5, 0.6) is 0 Å². The van der Waals surface area contributed by atoms with Crippen molar-refractivity contribution in [3.63, 3.8) is 0 Å². The molecule has 0 saturated carbocycles. The number of ketones is 1. The van der Waals surface area contributed by atoms with Gasteiger partial charge in [-0.1, -0.05) is 5.16 Å². The Kier molecular flexibility index (Phi) is 6.11. The van der Waals surface area contributed by atoms with E-state index in [0.717, 1.165) is 17.8 Å². The van der Waals surface area contributed by atoms with E-state index in [0.29, 0.717) is 22.8 Å². The minimum atomic E-state index is -0.799. The average Bonchev–Trinajstić information content (AvgIpc) is 3.13. The summed E-state index contributed by atoms with van der Waals surface area (Å²) in [4.78, 5) is 35.1. The lowest BCUT2D eigenvalue weighted by molar-refractivity contribution is -0.139.